The number of benzene rings is 2. The summed E-state index contributed by atoms with van der Waals surface area (Å²) in [6.07, 6.45) is 1.99. The van der Waals surface area contributed by atoms with E-state index in [4.69, 9.17) is 4.74 Å². The van der Waals surface area contributed by atoms with E-state index in [2.05, 4.69) is 0 Å². The number of hydrogen-bond donors (Lipinski definition) is 1. The lowest BCUT2D eigenvalue weighted by Crippen LogP contribution is -2.37. The maximum atomic E-state index is 13.1. The Bertz CT molecular complexity index is 769. The Morgan fingerprint density at radius 1 is 1.00 bits per heavy atom. The zero-order valence-electron chi connectivity index (χ0n) is 15.3. The number of amides is 1. The van der Waals surface area contributed by atoms with Crippen LogP contribution in [0.25, 0.3) is 0 Å². The van der Waals surface area contributed by atoms with Crippen molar-refractivity contribution in [3.63, 3.8) is 0 Å². The number of ether oxygens (including phenoxy) is 1. The van der Waals surface area contributed by atoms with Crippen LogP contribution >= 0.6 is 0 Å². The van der Waals surface area contributed by atoms with E-state index in [0.717, 1.165) is 31.6 Å². The fourth-order valence-electron chi connectivity index (χ4n) is 3.46. The second kappa shape index (κ2) is 9.33. The summed E-state index contributed by atoms with van der Waals surface area (Å²) >= 11 is 0. The van der Waals surface area contributed by atoms with Crippen molar-refractivity contribution < 1.29 is 19.4 Å². The summed E-state index contributed by atoms with van der Waals surface area (Å²) in [6.45, 7) is 2.68. The molecule has 1 saturated heterocycles. The third-order valence-electron chi connectivity index (χ3n) is 4.98. The van der Waals surface area contributed by atoms with E-state index in [1.807, 2.05) is 35.2 Å². The molecule has 3 rings (SSSR count). The van der Waals surface area contributed by atoms with E-state index in [-0.39, 0.29) is 17.9 Å². The predicted octanol–water partition coefficient (Wildman–Crippen LogP) is 3.38. The fraction of sp³-hybridized carbons (Fsp3) is 0.364. The second-order valence-corrected chi connectivity index (χ2v) is 6.95. The molecule has 0 saturated carbocycles. The minimum absolute atomic E-state index is 0.0426. The van der Waals surface area contributed by atoms with Crippen LogP contribution in [0.3, 0.4) is 0 Å². The van der Waals surface area contributed by atoms with E-state index in [1.165, 1.54) is 0 Å². The number of aromatic carboxylic acids is 1. The normalized spacial score (nSPS) is 14.7. The molecule has 5 heteroatoms. The summed E-state index contributed by atoms with van der Waals surface area (Å²) in [7, 11) is 0. The van der Waals surface area contributed by atoms with E-state index in [1.54, 1.807) is 24.3 Å². The second-order valence-electron chi connectivity index (χ2n) is 6.95. The van der Waals surface area contributed by atoms with Crippen LogP contribution in [-0.2, 0) is 22.5 Å². The first-order valence-electron chi connectivity index (χ1n) is 9.34. The maximum Gasteiger partial charge on any atom is 0.335 e. The molecule has 0 unspecified atom stereocenters. The molecular formula is C22H25NO4. The number of carboxylic acid groups (broad SMARTS) is 1. The molecule has 27 heavy (non-hydrogen) atoms. The fourth-order valence-corrected chi connectivity index (χ4v) is 3.46. The van der Waals surface area contributed by atoms with Crippen molar-refractivity contribution in [1.82, 2.24) is 4.90 Å². The molecule has 2 aromatic rings. The van der Waals surface area contributed by atoms with Gasteiger partial charge in [-0.1, -0.05) is 48.5 Å². The summed E-state index contributed by atoms with van der Waals surface area (Å²) in [5.41, 5.74) is 1.82. The molecule has 1 aliphatic heterocycles. The third-order valence-corrected chi connectivity index (χ3v) is 4.98. The lowest BCUT2D eigenvalue weighted by Gasteiger charge is -2.30. The van der Waals surface area contributed by atoms with Gasteiger partial charge in [0.2, 0.25) is 5.91 Å². The van der Waals surface area contributed by atoms with Crippen LogP contribution in [0, 0.1) is 5.92 Å². The largest absolute Gasteiger partial charge is 0.478 e. The van der Waals surface area contributed by atoms with Crippen LogP contribution in [0.4, 0.5) is 0 Å². The minimum Gasteiger partial charge on any atom is -0.478 e. The van der Waals surface area contributed by atoms with Crippen molar-refractivity contribution in [3.05, 3.63) is 71.3 Å². The van der Waals surface area contributed by atoms with Crippen molar-refractivity contribution in [1.29, 1.82) is 0 Å². The highest BCUT2D eigenvalue weighted by molar-refractivity contribution is 5.91. The Morgan fingerprint density at radius 3 is 2.37 bits per heavy atom. The van der Waals surface area contributed by atoms with Gasteiger partial charge in [-0.25, -0.2) is 4.79 Å². The Balaban J connectivity index is 1.76. The Kier molecular flexibility index (Phi) is 6.60. The molecule has 142 valence electrons. The van der Waals surface area contributed by atoms with Crippen LogP contribution in [0.2, 0.25) is 0 Å². The highest BCUT2D eigenvalue weighted by atomic mass is 16.5. The van der Waals surface area contributed by atoms with Gasteiger partial charge < -0.3 is 14.7 Å². The standard InChI is InChI=1S/C22H25NO4/c24-21(14-19-8-4-5-9-20(19)22(25)26)23(15-17-6-2-1-3-7-17)16-18-10-12-27-13-11-18/h1-9,18H,10-16H2,(H,25,26). The Labute approximate surface area is 159 Å². The molecule has 0 radical (unpaired) electrons. The van der Waals surface area contributed by atoms with Gasteiger partial charge in [-0.15, -0.1) is 0 Å². The van der Waals surface area contributed by atoms with E-state index in [0.29, 0.717) is 24.6 Å². The molecule has 0 aliphatic carbocycles. The highest BCUT2D eigenvalue weighted by Gasteiger charge is 2.23. The number of nitrogens with zero attached hydrogens (tertiary/aromatic N) is 1. The van der Waals surface area contributed by atoms with Crippen LogP contribution in [-0.4, -0.2) is 41.6 Å². The Hall–Kier alpha value is -2.66. The summed E-state index contributed by atoms with van der Waals surface area (Å²) in [6, 6.07) is 16.6. The van der Waals surface area contributed by atoms with Gasteiger partial charge in [-0.05, 0) is 36.0 Å². The summed E-state index contributed by atoms with van der Waals surface area (Å²) in [5, 5.41) is 9.37. The maximum absolute atomic E-state index is 13.1. The average Bonchev–Trinajstić information content (AvgIpc) is 2.69. The van der Waals surface area contributed by atoms with Crippen molar-refractivity contribution in [2.75, 3.05) is 19.8 Å². The average molecular weight is 367 g/mol. The van der Waals surface area contributed by atoms with E-state index >= 15 is 0 Å². The van der Waals surface area contributed by atoms with Gasteiger partial charge in [-0.2, -0.15) is 0 Å². The van der Waals surface area contributed by atoms with Crippen molar-refractivity contribution in [3.8, 4) is 0 Å². The molecule has 1 fully saturated rings. The summed E-state index contributed by atoms with van der Waals surface area (Å²) in [5.74, 6) is -0.627. The van der Waals surface area contributed by atoms with Crippen LogP contribution in [0.5, 0.6) is 0 Å². The smallest absolute Gasteiger partial charge is 0.335 e. The van der Waals surface area contributed by atoms with Crippen molar-refractivity contribution in [2.24, 2.45) is 5.92 Å². The molecule has 1 aliphatic rings. The molecule has 1 amide bonds. The van der Waals surface area contributed by atoms with Gasteiger partial charge in [0, 0.05) is 26.3 Å². The number of rotatable bonds is 7. The van der Waals surface area contributed by atoms with E-state index in [9.17, 15) is 14.7 Å². The first kappa shape index (κ1) is 19.1. The van der Waals surface area contributed by atoms with Crippen molar-refractivity contribution in [2.45, 2.75) is 25.8 Å². The van der Waals surface area contributed by atoms with Gasteiger partial charge in [0.1, 0.15) is 0 Å². The molecule has 1 N–H and O–H groups in total. The topological polar surface area (TPSA) is 66.8 Å². The van der Waals surface area contributed by atoms with E-state index < -0.39 is 5.97 Å². The summed E-state index contributed by atoms with van der Waals surface area (Å²) < 4.78 is 5.43. The first-order chi connectivity index (χ1) is 13.1. The van der Waals surface area contributed by atoms with Gasteiger partial charge in [-0.3, -0.25) is 4.79 Å². The first-order valence-corrected chi connectivity index (χ1v) is 9.34. The SMILES string of the molecule is O=C(O)c1ccccc1CC(=O)N(Cc1ccccc1)CC1CCOCC1. The Morgan fingerprint density at radius 2 is 1.67 bits per heavy atom. The number of hydrogen-bond acceptors (Lipinski definition) is 3. The molecule has 0 bridgehead atoms. The monoisotopic (exact) mass is 367 g/mol. The van der Waals surface area contributed by atoms with Gasteiger partial charge in [0.15, 0.2) is 0 Å². The van der Waals surface area contributed by atoms with Gasteiger partial charge >= 0.3 is 5.97 Å². The zero-order chi connectivity index (χ0) is 19.1. The van der Waals surface area contributed by atoms with Crippen LogP contribution < -0.4 is 0 Å². The quantitative estimate of drug-likeness (QED) is 0.815. The lowest BCUT2D eigenvalue weighted by atomic mass is 9.98. The number of carboxylic acids is 1. The molecule has 5 nitrogen and oxygen atoms in total. The molecule has 0 aromatic heterocycles. The van der Waals surface area contributed by atoms with Crippen LogP contribution in [0.15, 0.2) is 54.6 Å². The number of carbonyl (C=O) groups is 2. The van der Waals surface area contributed by atoms with Gasteiger partial charge in [0.25, 0.3) is 0 Å². The van der Waals surface area contributed by atoms with Crippen LogP contribution in [0.1, 0.15) is 34.3 Å². The number of carbonyl (C=O) groups excluding carboxylic acids is 1. The minimum atomic E-state index is -1.00. The highest BCUT2D eigenvalue weighted by Crippen LogP contribution is 2.19. The molecular weight excluding hydrogens is 342 g/mol. The molecule has 1 heterocycles. The summed E-state index contributed by atoms with van der Waals surface area (Å²) in [4.78, 5) is 26.4. The molecule has 2 aromatic carbocycles. The lowest BCUT2D eigenvalue weighted by molar-refractivity contribution is -0.132. The van der Waals surface area contributed by atoms with Gasteiger partial charge in [0.05, 0.1) is 12.0 Å². The predicted molar refractivity (Wildman–Crippen MR) is 103 cm³/mol. The molecule has 0 spiro atoms. The zero-order valence-corrected chi connectivity index (χ0v) is 15.3. The third kappa shape index (κ3) is 5.41. The van der Waals surface area contributed by atoms with Crippen molar-refractivity contribution >= 4 is 11.9 Å². The molecule has 0 atom stereocenters.